The van der Waals surface area contributed by atoms with Gasteiger partial charge in [0.2, 0.25) is 0 Å². The van der Waals surface area contributed by atoms with E-state index in [0.717, 1.165) is 16.8 Å². The molecule has 1 aromatic heterocycles. The van der Waals surface area contributed by atoms with Gasteiger partial charge in [0.05, 0.1) is 11.1 Å². The Hall–Kier alpha value is -3.45. The summed E-state index contributed by atoms with van der Waals surface area (Å²) >= 11 is 0. The minimum atomic E-state index is -4.07. The van der Waals surface area contributed by atoms with Gasteiger partial charge in [0, 0.05) is 0 Å². The van der Waals surface area contributed by atoms with Crippen molar-refractivity contribution in [1.29, 1.82) is 0 Å². The van der Waals surface area contributed by atoms with Crippen molar-refractivity contribution in [3.05, 3.63) is 94.0 Å². The largest absolute Gasteiger partial charge is 0.377 e. The molecule has 0 aliphatic heterocycles. The second kappa shape index (κ2) is 7.42. The quantitative estimate of drug-likeness (QED) is 0.465. The Morgan fingerprint density at radius 3 is 2.27 bits per heavy atom. The van der Waals surface area contributed by atoms with Gasteiger partial charge >= 0.3 is 10.1 Å². The smallest absolute Gasteiger partial charge is 0.339 e. The molecule has 1 heterocycles. The first-order valence-electron chi connectivity index (χ1n) is 9.37. The van der Waals surface area contributed by atoms with Crippen molar-refractivity contribution in [2.45, 2.75) is 25.7 Å². The van der Waals surface area contributed by atoms with Crippen LogP contribution in [0.3, 0.4) is 0 Å². The Labute approximate surface area is 174 Å². The summed E-state index contributed by atoms with van der Waals surface area (Å²) in [7, 11) is -4.07. The second-order valence-electron chi connectivity index (χ2n) is 7.09. The number of rotatable bonds is 4. The van der Waals surface area contributed by atoms with Crippen molar-refractivity contribution in [3.8, 4) is 11.4 Å². The van der Waals surface area contributed by atoms with Crippen molar-refractivity contribution < 1.29 is 12.6 Å². The first-order chi connectivity index (χ1) is 14.3. The molecule has 0 bridgehead atoms. The standard InChI is InChI=1S/C23H20N2O4S/c1-15-11-13-18(14-12-15)30(27,28)29-21-10-6-8-19-22(21)24-17(3)25(23(19)26)20-9-5-4-7-16(20)2/h4-14H,1-3H3. The molecule has 0 radical (unpaired) electrons. The summed E-state index contributed by atoms with van der Waals surface area (Å²) in [6.07, 6.45) is 0. The van der Waals surface area contributed by atoms with Crippen LogP contribution in [-0.2, 0) is 10.1 Å². The third-order valence-electron chi connectivity index (χ3n) is 4.90. The summed E-state index contributed by atoms with van der Waals surface area (Å²) in [6, 6.07) is 18.6. The highest BCUT2D eigenvalue weighted by Gasteiger charge is 2.20. The average Bonchev–Trinajstić information content (AvgIpc) is 2.70. The number of nitrogens with zero attached hydrogens (tertiary/aromatic N) is 2. The molecule has 152 valence electrons. The van der Waals surface area contributed by atoms with E-state index in [1.807, 2.05) is 38.1 Å². The highest BCUT2D eigenvalue weighted by Crippen LogP contribution is 2.26. The zero-order valence-corrected chi connectivity index (χ0v) is 17.6. The highest BCUT2D eigenvalue weighted by atomic mass is 32.2. The molecule has 0 aliphatic rings. The molecule has 0 amide bonds. The SMILES string of the molecule is Cc1ccc(S(=O)(=O)Oc2cccc3c(=O)n(-c4ccccc4C)c(C)nc23)cc1. The van der Waals surface area contributed by atoms with Crippen LogP contribution in [-0.4, -0.2) is 18.0 Å². The molecule has 6 nitrogen and oxygen atoms in total. The van der Waals surface area contributed by atoms with E-state index < -0.39 is 10.1 Å². The first-order valence-corrected chi connectivity index (χ1v) is 10.8. The average molecular weight is 420 g/mol. The van der Waals surface area contributed by atoms with Crippen LogP contribution in [0.15, 0.2) is 76.4 Å². The van der Waals surface area contributed by atoms with Crippen LogP contribution in [0.4, 0.5) is 0 Å². The van der Waals surface area contributed by atoms with Gasteiger partial charge in [-0.2, -0.15) is 8.42 Å². The minimum absolute atomic E-state index is 0.0187. The Morgan fingerprint density at radius 1 is 0.867 bits per heavy atom. The lowest BCUT2D eigenvalue weighted by Gasteiger charge is -2.14. The van der Waals surface area contributed by atoms with Gasteiger partial charge in [-0.15, -0.1) is 0 Å². The fourth-order valence-corrected chi connectivity index (χ4v) is 4.26. The molecule has 0 unspecified atom stereocenters. The third kappa shape index (κ3) is 3.48. The minimum Gasteiger partial charge on any atom is -0.377 e. The lowest BCUT2D eigenvalue weighted by atomic mass is 10.1. The summed E-state index contributed by atoms with van der Waals surface area (Å²) in [6.45, 7) is 5.49. The highest BCUT2D eigenvalue weighted by molar-refractivity contribution is 7.87. The Kier molecular flexibility index (Phi) is 4.91. The van der Waals surface area contributed by atoms with Gasteiger partial charge in [0.25, 0.3) is 5.56 Å². The lowest BCUT2D eigenvalue weighted by Crippen LogP contribution is -2.23. The molecule has 30 heavy (non-hydrogen) atoms. The number of aromatic nitrogens is 2. The van der Waals surface area contributed by atoms with Crippen molar-refractivity contribution >= 4 is 21.0 Å². The van der Waals surface area contributed by atoms with Crippen LogP contribution in [0.25, 0.3) is 16.6 Å². The lowest BCUT2D eigenvalue weighted by molar-refractivity contribution is 0.488. The van der Waals surface area contributed by atoms with Crippen molar-refractivity contribution in [3.63, 3.8) is 0 Å². The van der Waals surface area contributed by atoms with Gasteiger partial charge in [-0.25, -0.2) is 4.98 Å². The van der Waals surface area contributed by atoms with Gasteiger partial charge < -0.3 is 4.18 Å². The van der Waals surface area contributed by atoms with Crippen molar-refractivity contribution in [2.24, 2.45) is 0 Å². The number of aryl methyl sites for hydroxylation is 3. The van der Waals surface area contributed by atoms with E-state index in [4.69, 9.17) is 4.18 Å². The molecular formula is C23H20N2O4S. The summed E-state index contributed by atoms with van der Waals surface area (Å²) in [5, 5.41) is 0.278. The fraction of sp³-hybridized carbons (Fsp3) is 0.130. The summed E-state index contributed by atoms with van der Waals surface area (Å²) in [5.41, 5.74) is 2.52. The topological polar surface area (TPSA) is 78.3 Å². The van der Waals surface area contributed by atoms with E-state index in [9.17, 15) is 13.2 Å². The van der Waals surface area contributed by atoms with E-state index in [-0.39, 0.29) is 27.1 Å². The Morgan fingerprint density at radius 2 is 1.57 bits per heavy atom. The summed E-state index contributed by atoms with van der Waals surface area (Å²) in [4.78, 5) is 17.8. The maximum atomic E-state index is 13.2. The molecule has 0 fully saturated rings. The van der Waals surface area contributed by atoms with Crippen LogP contribution in [0.1, 0.15) is 17.0 Å². The molecule has 0 N–H and O–H groups in total. The molecule has 0 saturated heterocycles. The normalized spacial score (nSPS) is 11.6. The maximum absolute atomic E-state index is 13.2. The second-order valence-corrected chi connectivity index (χ2v) is 8.64. The van der Waals surface area contributed by atoms with Gasteiger partial charge in [-0.3, -0.25) is 9.36 Å². The predicted octanol–water partition coefficient (Wildman–Crippen LogP) is 4.08. The number of hydrogen-bond donors (Lipinski definition) is 0. The zero-order valence-electron chi connectivity index (χ0n) is 16.8. The molecule has 0 atom stereocenters. The van der Waals surface area contributed by atoms with Crippen molar-refractivity contribution in [2.75, 3.05) is 0 Å². The fourth-order valence-electron chi connectivity index (χ4n) is 3.33. The van der Waals surface area contributed by atoms with Crippen molar-refractivity contribution in [1.82, 2.24) is 9.55 Å². The summed E-state index contributed by atoms with van der Waals surface area (Å²) in [5.74, 6) is 0.454. The van der Waals surface area contributed by atoms with Crippen LogP contribution in [0.5, 0.6) is 5.75 Å². The number of para-hydroxylation sites is 2. The first kappa shape index (κ1) is 19.8. The van der Waals surface area contributed by atoms with Crippen LogP contribution in [0.2, 0.25) is 0 Å². The Balaban J connectivity index is 1.87. The Bertz CT molecular complexity index is 1420. The molecule has 4 rings (SSSR count). The van der Waals surface area contributed by atoms with E-state index in [1.165, 1.54) is 22.8 Å². The van der Waals surface area contributed by atoms with Gasteiger partial charge in [0.15, 0.2) is 5.75 Å². The molecule has 0 spiro atoms. The zero-order chi connectivity index (χ0) is 21.5. The number of hydrogen-bond acceptors (Lipinski definition) is 5. The van der Waals surface area contributed by atoms with E-state index in [1.54, 1.807) is 31.2 Å². The molecule has 0 saturated carbocycles. The van der Waals surface area contributed by atoms with Gasteiger partial charge in [-0.1, -0.05) is 42.0 Å². The maximum Gasteiger partial charge on any atom is 0.339 e. The third-order valence-corrected chi connectivity index (χ3v) is 6.14. The number of fused-ring (bicyclic) bond motifs is 1. The molecule has 0 aliphatic carbocycles. The predicted molar refractivity (Wildman–Crippen MR) is 116 cm³/mol. The number of benzene rings is 3. The van der Waals surface area contributed by atoms with Crippen LogP contribution in [0, 0.1) is 20.8 Å². The van der Waals surface area contributed by atoms with Crippen LogP contribution >= 0.6 is 0 Å². The monoisotopic (exact) mass is 420 g/mol. The van der Waals surface area contributed by atoms with Crippen LogP contribution < -0.4 is 9.74 Å². The van der Waals surface area contributed by atoms with E-state index in [0.29, 0.717) is 5.82 Å². The van der Waals surface area contributed by atoms with Gasteiger partial charge in [-0.05, 0) is 56.7 Å². The summed E-state index contributed by atoms with van der Waals surface area (Å²) < 4.78 is 32.4. The molecule has 7 heteroatoms. The van der Waals surface area contributed by atoms with E-state index in [2.05, 4.69) is 4.98 Å². The van der Waals surface area contributed by atoms with E-state index >= 15 is 0 Å². The molecule has 3 aromatic carbocycles. The van der Waals surface area contributed by atoms with Gasteiger partial charge in [0.1, 0.15) is 16.2 Å². The molecule has 4 aromatic rings. The molecular weight excluding hydrogens is 400 g/mol.